The summed E-state index contributed by atoms with van der Waals surface area (Å²) in [4.78, 5) is 11.7. The van der Waals surface area contributed by atoms with Crippen LogP contribution in [0.2, 0.25) is 0 Å². The number of nitrogen functional groups attached to an aromatic ring is 1. The van der Waals surface area contributed by atoms with E-state index < -0.39 is 0 Å². The lowest BCUT2D eigenvalue weighted by Gasteiger charge is -2.05. The molecule has 0 fully saturated rings. The highest BCUT2D eigenvalue weighted by Crippen LogP contribution is 2.05. The minimum absolute atomic E-state index is 0.102. The minimum Gasteiger partial charge on any atom is -0.382 e. The molecule has 0 bridgehead atoms. The molecule has 0 spiro atoms. The molecule has 0 saturated heterocycles. The van der Waals surface area contributed by atoms with E-state index in [0.29, 0.717) is 24.6 Å². The van der Waals surface area contributed by atoms with Crippen molar-refractivity contribution in [2.45, 2.75) is 33.2 Å². The smallest absolute Gasteiger partial charge is 0.269 e. The average Bonchev–Trinajstić information content (AvgIpc) is 2.60. The second-order valence-corrected chi connectivity index (χ2v) is 3.38. The molecule has 15 heavy (non-hydrogen) atoms. The van der Waals surface area contributed by atoms with Crippen LogP contribution in [0, 0.1) is 0 Å². The van der Waals surface area contributed by atoms with Gasteiger partial charge in [0.25, 0.3) is 5.91 Å². The predicted octanol–water partition coefficient (Wildman–Crippen LogP) is 1.02. The van der Waals surface area contributed by atoms with E-state index in [2.05, 4.69) is 17.3 Å². The number of nitrogens with one attached hydrogen (secondary N) is 1. The van der Waals surface area contributed by atoms with Gasteiger partial charge < -0.3 is 11.1 Å². The van der Waals surface area contributed by atoms with Crippen LogP contribution in [-0.2, 0) is 6.54 Å². The first kappa shape index (κ1) is 11.6. The Labute approximate surface area is 89.6 Å². The van der Waals surface area contributed by atoms with Crippen molar-refractivity contribution in [1.29, 1.82) is 0 Å². The summed E-state index contributed by atoms with van der Waals surface area (Å²) >= 11 is 0. The minimum atomic E-state index is -0.102. The van der Waals surface area contributed by atoms with Gasteiger partial charge in [-0.2, -0.15) is 5.10 Å². The van der Waals surface area contributed by atoms with Gasteiger partial charge >= 0.3 is 0 Å². The third-order valence-corrected chi connectivity index (χ3v) is 2.15. The molecule has 1 rings (SSSR count). The van der Waals surface area contributed by atoms with Crippen LogP contribution in [0.25, 0.3) is 0 Å². The highest BCUT2D eigenvalue weighted by molar-refractivity contribution is 5.93. The lowest BCUT2D eigenvalue weighted by Crippen LogP contribution is -2.26. The zero-order valence-electron chi connectivity index (χ0n) is 9.29. The molecule has 0 atom stereocenters. The number of carbonyl (C=O) groups is 1. The molecule has 3 N–H and O–H groups in total. The van der Waals surface area contributed by atoms with E-state index in [1.165, 1.54) is 0 Å². The molecule has 1 aromatic rings. The van der Waals surface area contributed by atoms with E-state index in [-0.39, 0.29) is 5.91 Å². The Bertz CT molecular complexity index is 332. The molecular weight excluding hydrogens is 192 g/mol. The van der Waals surface area contributed by atoms with Gasteiger partial charge in [-0.1, -0.05) is 13.3 Å². The largest absolute Gasteiger partial charge is 0.382 e. The molecule has 1 amide bonds. The van der Waals surface area contributed by atoms with Crippen LogP contribution in [0.5, 0.6) is 0 Å². The van der Waals surface area contributed by atoms with Crippen molar-refractivity contribution >= 4 is 11.7 Å². The van der Waals surface area contributed by atoms with Gasteiger partial charge in [0, 0.05) is 19.2 Å². The van der Waals surface area contributed by atoms with Crippen LogP contribution in [0.1, 0.15) is 37.2 Å². The summed E-state index contributed by atoms with van der Waals surface area (Å²) < 4.78 is 1.61. The summed E-state index contributed by atoms with van der Waals surface area (Å²) in [5, 5.41) is 6.84. The molecule has 1 aromatic heterocycles. The monoisotopic (exact) mass is 210 g/mol. The number of hydrogen-bond donors (Lipinski definition) is 2. The lowest BCUT2D eigenvalue weighted by atomic mass is 10.3. The summed E-state index contributed by atoms with van der Waals surface area (Å²) in [6, 6.07) is 1.60. The molecule has 0 aliphatic rings. The third-order valence-electron chi connectivity index (χ3n) is 2.15. The van der Waals surface area contributed by atoms with Crippen LogP contribution in [0.4, 0.5) is 5.82 Å². The number of nitrogens with two attached hydrogens (primary N) is 1. The maximum atomic E-state index is 11.7. The number of unbranched alkanes of at least 4 members (excludes halogenated alkanes) is 1. The average molecular weight is 210 g/mol. The zero-order valence-corrected chi connectivity index (χ0v) is 9.29. The number of anilines is 1. The molecule has 5 heteroatoms. The normalized spacial score (nSPS) is 10.3. The standard InChI is InChI=1S/C10H18N4O/c1-3-5-6-12-10(15)8-7-9(11)13-14(8)4-2/h7H,3-6H2,1-2H3,(H2,11,13)(H,12,15). The SMILES string of the molecule is CCCCNC(=O)c1cc(N)nn1CC. The topological polar surface area (TPSA) is 72.9 Å². The third kappa shape index (κ3) is 2.97. The van der Waals surface area contributed by atoms with Gasteiger partial charge in [0.1, 0.15) is 11.5 Å². The molecule has 5 nitrogen and oxygen atoms in total. The Kier molecular flexibility index (Phi) is 4.15. The Morgan fingerprint density at radius 2 is 2.33 bits per heavy atom. The van der Waals surface area contributed by atoms with Gasteiger partial charge in [-0.25, -0.2) is 0 Å². The van der Waals surface area contributed by atoms with Crippen molar-refractivity contribution in [2.75, 3.05) is 12.3 Å². The number of hydrogen-bond acceptors (Lipinski definition) is 3. The number of aromatic nitrogens is 2. The van der Waals surface area contributed by atoms with E-state index in [1.807, 2.05) is 6.92 Å². The van der Waals surface area contributed by atoms with E-state index in [1.54, 1.807) is 10.7 Å². The first-order chi connectivity index (χ1) is 7.19. The van der Waals surface area contributed by atoms with Crippen LogP contribution in [-0.4, -0.2) is 22.2 Å². The number of aryl methyl sites for hydroxylation is 1. The second-order valence-electron chi connectivity index (χ2n) is 3.38. The van der Waals surface area contributed by atoms with E-state index in [4.69, 9.17) is 5.73 Å². The van der Waals surface area contributed by atoms with Crippen LogP contribution >= 0.6 is 0 Å². The van der Waals surface area contributed by atoms with Crippen molar-refractivity contribution < 1.29 is 4.79 Å². The lowest BCUT2D eigenvalue weighted by molar-refractivity contribution is 0.0942. The molecule has 1 heterocycles. The van der Waals surface area contributed by atoms with Gasteiger partial charge in [0.15, 0.2) is 0 Å². The molecule has 0 aromatic carbocycles. The molecule has 0 unspecified atom stereocenters. The maximum Gasteiger partial charge on any atom is 0.269 e. The Morgan fingerprint density at radius 1 is 1.60 bits per heavy atom. The summed E-state index contributed by atoms with van der Waals surface area (Å²) in [5.74, 6) is 0.284. The summed E-state index contributed by atoms with van der Waals surface area (Å²) in [7, 11) is 0. The fraction of sp³-hybridized carbons (Fsp3) is 0.600. The first-order valence-corrected chi connectivity index (χ1v) is 5.30. The van der Waals surface area contributed by atoms with Crippen LogP contribution in [0.15, 0.2) is 6.07 Å². The van der Waals surface area contributed by atoms with Crippen LogP contribution < -0.4 is 11.1 Å². The summed E-state index contributed by atoms with van der Waals surface area (Å²) in [5.41, 5.74) is 6.07. The highest BCUT2D eigenvalue weighted by atomic mass is 16.2. The predicted molar refractivity (Wildman–Crippen MR) is 59.6 cm³/mol. The quantitative estimate of drug-likeness (QED) is 0.712. The number of amides is 1. The van der Waals surface area contributed by atoms with E-state index in [9.17, 15) is 4.79 Å². The molecule has 0 saturated carbocycles. The number of nitrogens with zero attached hydrogens (tertiary/aromatic N) is 2. The van der Waals surface area contributed by atoms with Crippen molar-refractivity contribution in [2.24, 2.45) is 0 Å². The van der Waals surface area contributed by atoms with Crippen LogP contribution in [0.3, 0.4) is 0 Å². The van der Waals surface area contributed by atoms with Gasteiger partial charge in [-0.05, 0) is 13.3 Å². The summed E-state index contributed by atoms with van der Waals surface area (Å²) in [6.45, 7) is 5.35. The Hall–Kier alpha value is -1.52. The van der Waals surface area contributed by atoms with E-state index >= 15 is 0 Å². The molecule has 84 valence electrons. The molecule has 0 radical (unpaired) electrons. The van der Waals surface area contributed by atoms with Gasteiger partial charge in [0.05, 0.1) is 0 Å². The number of carbonyl (C=O) groups excluding carboxylic acids is 1. The van der Waals surface area contributed by atoms with Gasteiger partial charge in [-0.3, -0.25) is 9.48 Å². The van der Waals surface area contributed by atoms with E-state index in [0.717, 1.165) is 12.8 Å². The van der Waals surface area contributed by atoms with Crippen molar-refractivity contribution in [3.8, 4) is 0 Å². The molecular formula is C10H18N4O. The van der Waals surface area contributed by atoms with Crippen molar-refractivity contribution in [1.82, 2.24) is 15.1 Å². The number of rotatable bonds is 5. The summed E-state index contributed by atoms with van der Waals surface area (Å²) in [6.07, 6.45) is 2.05. The fourth-order valence-electron chi connectivity index (χ4n) is 1.33. The molecule has 0 aliphatic carbocycles. The van der Waals surface area contributed by atoms with Gasteiger partial charge in [-0.15, -0.1) is 0 Å². The first-order valence-electron chi connectivity index (χ1n) is 5.30. The second kappa shape index (κ2) is 5.38. The molecule has 0 aliphatic heterocycles. The fourth-order valence-corrected chi connectivity index (χ4v) is 1.33. The Morgan fingerprint density at radius 3 is 2.93 bits per heavy atom. The van der Waals surface area contributed by atoms with Crippen molar-refractivity contribution in [3.05, 3.63) is 11.8 Å². The Balaban J connectivity index is 2.64. The van der Waals surface area contributed by atoms with Gasteiger partial charge in [0.2, 0.25) is 0 Å². The highest BCUT2D eigenvalue weighted by Gasteiger charge is 2.12. The maximum absolute atomic E-state index is 11.7. The zero-order chi connectivity index (χ0) is 11.3. The van der Waals surface area contributed by atoms with Crippen molar-refractivity contribution in [3.63, 3.8) is 0 Å².